The van der Waals surface area contributed by atoms with Crippen LogP contribution in [0.2, 0.25) is 0 Å². The van der Waals surface area contributed by atoms with Crippen molar-refractivity contribution in [2.75, 3.05) is 0 Å². The average Bonchev–Trinajstić information content (AvgIpc) is 0.801. The highest BCUT2D eigenvalue weighted by atomic mass is 14.9. The molecule has 18 rings (SSSR count). The minimum Gasteiger partial charge on any atom is -0.263 e. The Hall–Kier alpha value is -13.4. The first-order valence-corrected chi connectivity index (χ1v) is 33.7. The van der Waals surface area contributed by atoms with Crippen molar-refractivity contribution >= 4 is 43.1 Å². The molecule has 100 heavy (non-hydrogen) atoms. The lowest BCUT2D eigenvalue weighted by molar-refractivity contribution is 1.18. The van der Waals surface area contributed by atoms with Crippen molar-refractivity contribution in [1.82, 2.24) is 29.9 Å². The number of aromatic nitrogens is 6. The zero-order valence-corrected chi connectivity index (χ0v) is 54.5. The number of pyridine rings is 2. The molecular weight excluding hydrogens is 1210 g/mol. The van der Waals surface area contributed by atoms with Gasteiger partial charge in [-0.2, -0.15) is 0 Å². The van der Waals surface area contributed by atoms with Crippen LogP contribution in [0, 0.1) is 0 Å². The predicted octanol–water partition coefficient (Wildman–Crippen LogP) is 24.4. The third kappa shape index (κ3) is 12.4. The first kappa shape index (κ1) is 60.3. The van der Waals surface area contributed by atoms with E-state index in [2.05, 4.69) is 338 Å². The van der Waals surface area contributed by atoms with E-state index in [1.807, 2.05) is 49.1 Å². The first-order chi connectivity index (χ1) is 49.5. The molecule has 0 aliphatic heterocycles. The Kier molecular flexibility index (Phi) is 16.3. The quantitative estimate of drug-likeness (QED) is 0.121. The van der Waals surface area contributed by atoms with Gasteiger partial charge in [-0.1, -0.05) is 334 Å². The summed E-state index contributed by atoms with van der Waals surface area (Å²) >= 11 is 0. The Morgan fingerprint density at radius 2 is 0.420 bits per heavy atom. The van der Waals surface area contributed by atoms with Gasteiger partial charge in [-0.3, -0.25) is 9.97 Å². The Labute approximate surface area is 580 Å². The molecule has 0 aliphatic carbocycles. The highest BCUT2D eigenvalue weighted by Crippen LogP contribution is 2.38. The van der Waals surface area contributed by atoms with Crippen LogP contribution >= 0.6 is 0 Å². The molecule has 468 valence electrons. The van der Waals surface area contributed by atoms with Crippen molar-refractivity contribution in [1.29, 1.82) is 0 Å². The fourth-order valence-corrected chi connectivity index (χ4v) is 13.6. The van der Waals surface area contributed by atoms with Gasteiger partial charge in [0, 0.05) is 80.1 Å². The summed E-state index contributed by atoms with van der Waals surface area (Å²) in [6.07, 6.45) is 7.72. The van der Waals surface area contributed by atoms with Gasteiger partial charge in [0.25, 0.3) is 0 Å². The van der Waals surface area contributed by atoms with E-state index < -0.39 is 0 Å². The van der Waals surface area contributed by atoms with Gasteiger partial charge in [0.1, 0.15) is 0 Å². The van der Waals surface area contributed by atoms with Crippen LogP contribution < -0.4 is 0 Å². The Balaban J connectivity index is 0.000000150. The van der Waals surface area contributed by atoms with Gasteiger partial charge >= 0.3 is 0 Å². The van der Waals surface area contributed by atoms with Crippen LogP contribution in [0.3, 0.4) is 0 Å². The molecule has 0 amide bonds. The maximum atomic E-state index is 5.17. The number of benzene rings is 14. The van der Waals surface area contributed by atoms with Gasteiger partial charge in [-0.15, -0.1) is 0 Å². The fraction of sp³-hybridized carbons (Fsp3) is 0. The molecule has 0 saturated carbocycles. The summed E-state index contributed by atoms with van der Waals surface area (Å²) < 4.78 is 0. The first-order valence-electron chi connectivity index (χ1n) is 33.7. The van der Waals surface area contributed by atoms with E-state index >= 15 is 0 Å². The van der Waals surface area contributed by atoms with E-state index in [-0.39, 0.29) is 0 Å². The van der Waals surface area contributed by atoms with Crippen molar-refractivity contribution < 1.29 is 0 Å². The van der Waals surface area contributed by atoms with Crippen molar-refractivity contribution in [3.63, 3.8) is 0 Å². The third-order valence-corrected chi connectivity index (χ3v) is 18.8. The van der Waals surface area contributed by atoms with Crippen LogP contribution in [0.5, 0.6) is 0 Å². The van der Waals surface area contributed by atoms with Gasteiger partial charge < -0.3 is 0 Å². The largest absolute Gasteiger partial charge is 0.263 e. The van der Waals surface area contributed by atoms with Crippen molar-refractivity contribution in [2.45, 2.75) is 0 Å². The van der Waals surface area contributed by atoms with Gasteiger partial charge in [0.05, 0.1) is 22.8 Å². The normalized spacial score (nSPS) is 11.2. The minimum absolute atomic E-state index is 0.689. The number of rotatable bonds is 12. The summed E-state index contributed by atoms with van der Waals surface area (Å²) in [5.41, 5.74) is 23.5. The zero-order valence-electron chi connectivity index (χ0n) is 54.5. The molecule has 6 nitrogen and oxygen atoms in total. The van der Waals surface area contributed by atoms with Crippen LogP contribution in [0.4, 0.5) is 0 Å². The molecule has 0 atom stereocenters. The van der Waals surface area contributed by atoms with E-state index in [1.165, 1.54) is 60.1 Å². The van der Waals surface area contributed by atoms with Crippen LogP contribution in [0.25, 0.3) is 178 Å². The number of nitrogens with zero attached hydrogens (tertiary/aromatic N) is 6. The summed E-state index contributed by atoms with van der Waals surface area (Å²) in [5.74, 6) is 1.38. The van der Waals surface area contributed by atoms with E-state index in [9.17, 15) is 0 Å². The molecule has 4 aromatic heterocycles. The van der Waals surface area contributed by atoms with Crippen molar-refractivity contribution in [2.24, 2.45) is 0 Å². The highest BCUT2D eigenvalue weighted by molar-refractivity contribution is 6.00. The Morgan fingerprint density at radius 1 is 0.150 bits per heavy atom. The van der Waals surface area contributed by atoms with Crippen molar-refractivity contribution in [3.05, 3.63) is 377 Å². The summed E-state index contributed by atoms with van der Waals surface area (Å²) in [4.78, 5) is 29.6. The maximum Gasteiger partial charge on any atom is 0.160 e. The fourth-order valence-electron chi connectivity index (χ4n) is 13.6. The SMILES string of the molecule is c1ccc(-c2ccc(-c3nc(-c4ccc(-c5cccc6ccccc56)cc4)cc(-c4ccc(-c5cncc6ccccc56)cc4)n3)cc2)cc1.c1ccc(-c2cccc(-c3cc(-c4ccc(-c5cncc6ccccc56)cc4)nc(-c4ccc(-c5cccc6ccccc56)cc4)n3)c2)cc1. The minimum atomic E-state index is 0.689. The van der Waals surface area contributed by atoms with Crippen LogP contribution in [0.15, 0.2) is 377 Å². The highest BCUT2D eigenvalue weighted by Gasteiger charge is 2.17. The van der Waals surface area contributed by atoms with Crippen LogP contribution in [-0.4, -0.2) is 29.9 Å². The molecule has 14 aromatic carbocycles. The summed E-state index contributed by atoms with van der Waals surface area (Å²) in [6.45, 7) is 0. The van der Waals surface area contributed by atoms with Crippen LogP contribution in [-0.2, 0) is 0 Å². The van der Waals surface area contributed by atoms with Crippen LogP contribution in [0.1, 0.15) is 0 Å². The molecule has 18 aromatic rings. The number of hydrogen-bond acceptors (Lipinski definition) is 6. The lowest BCUT2D eigenvalue weighted by Gasteiger charge is -2.12. The Bertz CT molecular complexity index is 5680. The van der Waals surface area contributed by atoms with E-state index in [0.29, 0.717) is 11.6 Å². The van der Waals surface area contributed by atoms with E-state index in [1.54, 1.807) is 0 Å². The molecule has 0 bridgehead atoms. The molecule has 6 heteroatoms. The molecule has 0 N–H and O–H groups in total. The van der Waals surface area contributed by atoms with E-state index in [0.717, 1.165) is 106 Å². The third-order valence-electron chi connectivity index (χ3n) is 18.8. The zero-order chi connectivity index (χ0) is 66.6. The summed E-state index contributed by atoms with van der Waals surface area (Å²) in [5, 5.41) is 9.59. The molecule has 0 saturated heterocycles. The molecule has 0 spiro atoms. The molecule has 0 radical (unpaired) electrons. The lowest BCUT2D eigenvalue weighted by Crippen LogP contribution is -1.96. The molecular formula is C94H62N6. The molecule has 0 fully saturated rings. The monoisotopic (exact) mass is 1270 g/mol. The topological polar surface area (TPSA) is 77.3 Å². The maximum absolute atomic E-state index is 5.17. The summed E-state index contributed by atoms with van der Waals surface area (Å²) in [7, 11) is 0. The standard InChI is InChI=1S/2C47H31N3/c1-2-10-32(11-3-1)38-15-8-16-39(28-38)46-29-45(36-24-20-35(21-25-36)44-31-48-30-40-13-5-7-18-43(40)44)49-47(50-46)37-26-22-34(23-27-37)42-19-9-14-33-12-4-6-17-41(33)42;1-2-9-32(10-3-1)33-17-27-39(28-18-33)47-49-45(37-23-19-35(20-24-37)42-16-8-13-34-11-4-6-14-41(34)42)29-46(50-47)38-25-21-36(22-26-38)44-31-48-30-40-12-5-7-15-43(40)44/h2*1-31H. The average molecular weight is 1280 g/mol. The van der Waals surface area contributed by atoms with Gasteiger partial charge in [-0.25, -0.2) is 19.9 Å². The number of hydrogen-bond donors (Lipinski definition) is 0. The van der Waals surface area contributed by atoms with Gasteiger partial charge in [0.2, 0.25) is 0 Å². The van der Waals surface area contributed by atoms with Crippen molar-refractivity contribution in [3.8, 4) is 135 Å². The molecule has 4 heterocycles. The van der Waals surface area contributed by atoms with Gasteiger partial charge in [0.15, 0.2) is 11.6 Å². The summed E-state index contributed by atoms with van der Waals surface area (Å²) in [6, 6.07) is 124. The van der Waals surface area contributed by atoms with E-state index in [4.69, 9.17) is 19.9 Å². The predicted molar refractivity (Wildman–Crippen MR) is 415 cm³/mol. The molecule has 0 aliphatic rings. The molecule has 0 unspecified atom stereocenters. The Morgan fingerprint density at radius 3 is 0.840 bits per heavy atom. The second-order valence-corrected chi connectivity index (χ2v) is 25.0. The number of fused-ring (bicyclic) bond motifs is 4. The smallest absolute Gasteiger partial charge is 0.160 e. The van der Waals surface area contributed by atoms with Gasteiger partial charge in [-0.05, 0) is 106 Å². The second kappa shape index (κ2) is 27.0. The second-order valence-electron chi connectivity index (χ2n) is 25.0. The lowest BCUT2D eigenvalue weighted by atomic mass is 9.96.